The Hall–Kier alpha value is -1.06. The average Bonchev–Trinajstić information content (AvgIpc) is 3.16. The van der Waals surface area contributed by atoms with Gasteiger partial charge in [0.1, 0.15) is 5.75 Å². The van der Waals surface area contributed by atoms with E-state index in [1.54, 1.807) is 0 Å². The molecule has 0 unspecified atom stereocenters. The minimum absolute atomic E-state index is 0.789. The summed E-state index contributed by atoms with van der Waals surface area (Å²) in [5.74, 6) is 1.01. The second kappa shape index (κ2) is 7.98. The second-order valence-electron chi connectivity index (χ2n) is 6.86. The Bertz CT molecular complexity index is 457. The van der Waals surface area contributed by atoms with Gasteiger partial charge in [-0.15, -0.1) is 0 Å². The summed E-state index contributed by atoms with van der Waals surface area (Å²) < 4.78 is 5.88. The summed E-state index contributed by atoms with van der Waals surface area (Å²) in [6.45, 7) is 9.34. The lowest BCUT2D eigenvalue weighted by Crippen LogP contribution is -2.40. The molecular formula is C19H30N2O. The van der Waals surface area contributed by atoms with Crippen molar-refractivity contribution in [3.8, 4) is 5.75 Å². The van der Waals surface area contributed by atoms with Gasteiger partial charge >= 0.3 is 0 Å². The van der Waals surface area contributed by atoms with E-state index < -0.39 is 0 Å². The topological polar surface area (TPSA) is 15.7 Å². The molecule has 122 valence electrons. The van der Waals surface area contributed by atoms with Crippen molar-refractivity contribution < 1.29 is 4.74 Å². The highest BCUT2D eigenvalue weighted by molar-refractivity contribution is 5.27. The van der Waals surface area contributed by atoms with Crippen LogP contribution in [0.3, 0.4) is 0 Å². The van der Waals surface area contributed by atoms with Crippen LogP contribution in [0.2, 0.25) is 0 Å². The van der Waals surface area contributed by atoms with Gasteiger partial charge in [-0.2, -0.15) is 0 Å². The van der Waals surface area contributed by atoms with Gasteiger partial charge in [0.25, 0.3) is 0 Å². The first-order chi connectivity index (χ1) is 10.8. The molecule has 3 nitrogen and oxygen atoms in total. The predicted octanol–water partition coefficient (Wildman–Crippen LogP) is 3.32. The van der Waals surface area contributed by atoms with E-state index in [2.05, 4.69) is 41.0 Å². The molecule has 1 atom stereocenters. The van der Waals surface area contributed by atoms with Crippen molar-refractivity contribution in [2.75, 3.05) is 39.3 Å². The summed E-state index contributed by atoms with van der Waals surface area (Å²) in [6, 6.07) is 9.14. The van der Waals surface area contributed by atoms with Gasteiger partial charge < -0.3 is 9.64 Å². The molecule has 2 heterocycles. The van der Waals surface area contributed by atoms with Crippen LogP contribution < -0.4 is 4.74 Å². The van der Waals surface area contributed by atoms with Gasteiger partial charge in [-0.25, -0.2) is 0 Å². The molecule has 0 bridgehead atoms. The Morgan fingerprint density at radius 2 is 2.00 bits per heavy atom. The van der Waals surface area contributed by atoms with Gasteiger partial charge in [0, 0.05) is 19.1 Å². The van der Waals surface area contributed by atoms with Crippen LogP contribution in [0.25, 0.3) is 0 Å². The van der Waals surface area contributed by atoms with E-state index in [0.717, 1.165) is 24.8 Å². The second-order valence-corrected chi connectivity index (χ2v) is 6.86. The molecule has 2 saturated heterocycles. The van der Waals surface area contributed by atoms with Gasteiger partial charge in [-0.3, -0.25) is 4.90 Å². The maximum Gasteiger partial charge on any atom is 0.119 e. The normalized spacial score (nSPS) is 23.2. The van der Waals surface area contributed by atoms with E-state index in [0.29, 0.717) is 0 Å². The third-order valence-electron chi connectivity index (χ3n) is 5.01. The number of hydrogen-bond acceptors (Lipinski definition) is 3. The monoisotopic (exact) mass is 302 g/mol. The molecule has 0 radical (unpaired) electrons. The Balaban J connectivity index is 1.37. The Labute approximate surface area is 135 Å². The lowest BCUT2D eigenvalue weighted by molar-refractivity contribution is 0.178. The maximum atomic E-state index is 5.88. The van der Waals surface area contributed by atoms with Crippen molar-refractivity contribution >= 4 is 0 Å². The average molecular weight is 302 g/mol. The van der Waals surface area contributed by atoms with Crippen LogP contribution in [0.5, 0.6) is 5.75 Å². The standard InChI is InChI=1S/C19H30N2O/c1-17-7-4-9-19(15-17)22-14-6-13-21-12-5-8-18(21)16-20-10-2-3-11-20/h4,7,9,15,18H,2-3,5-6,8,10-14,16H2,1H3/t18-/m0/s1. The van der Waals surface area contributed by atoms with Gasteiger partial charge in [0.05, 0.1) is 6.61 Å². The van der Waals surface area contributed by atoms with Crippen molar-refractivity contribution in [1.29, 1.82) is 0 Å². The molecular weight excluding hydrogens is 272 g/mol. The Morgan fingerprint density at radius 3 is 2.82 bits per heavy atom. The minimum Gasteiger partial charge on any atom is -0.494 e. The van der Waals surface area contributed by atoms with Crippen LogP contribution in [0.1, 0.15) is 37.7 Å². The van der Waals surface area contributed by atoms with Crippen LogP contribution >= 0.6 is 0 Å². The van der Waals surface area contributed by atoms with Crippen molar-refractivity contribution in [2.24, 2.45) is 0 Å². The molecule has 3 heteroatoms. The van der Waals surface area contributed by atoms with Crippen LogP contribution in [-0.4, -0.2) is 55.2 Å². The van der Waals surface area contributed by atoms with E-state index >= 15 is 0 Å². The zero-order chi connectivity index (χ0) is 15.2. The van der Waals surface area contributed by atoms with Crippen LogP contribution in [-0.2, 0) is 0 Å². The number of benzene rings is 1. The molecule has 22 heavy (non-hydrogen) atoms. The molecule has 3 rings (SSSR count). The summed E-state index contributed by atoms with van der Waals surface area (Å²) in [4.78, 5) is 5.35. The van der Waals surface area contributed by atoms with Crippen molar-refractivity contribution in [3.63, 3.8) is 0 Å². The molecule has 2 aliphatic rings. The third-order valence-corrected chi connectivity index (χ3v) is 5.01. The highest BCUT2D eigenvalue weighted by Crippen LogP contribution is 2.20. The smallest absolute Gasteiger partial charge is 0.119 e. The number of hydrogen-bond donors (Lipinski definition) is 0. The molecule has 0 N–H and O–H groups in total. The summed E-state index contributed by atoms with van der Waals surface area (Å²) in [7, 11) is 0. The maximum absolute atomic E-state index is 5.88. The fourth-order valence-electron chi connectivity index (χ4n) is 3.82. The van der Waals surface area contributed by atoms with Crippen LogP contribution in [0.4, 0.5) is 0 Å². The van der Waals surface area contributed by atoms with Gasteiger partial charge in [0.2, 0.25) is 0 Å². The fourth-order valence-corrected chi connectivity index (χ4v) is 3.82. The largest absolute Gasteiger partial charge is 0.494 e. The van der Waals surface area contributed by atoms with Gasteiger partial charge in [0.15, 0.2) is 0 Å². The molecule has 0 saturated carbocycles. The Kier molecular flexibility index (Phi) is 5.74. The van der Waals surface area contributed by atoms with E-state index in [1.165, 1.54) is 64.0 Å². The summed E-state index contributed by atoms with van der Waals surface area (Å²) in [5.41, 5.74) is 1.27. The number of rotatable bonds is 7. The van der Waals surface area contributed by atoms with Gasteiger partial charge in [-0.1, -0.05) is 12.1 Å². The van der Waals surface area contributed by atoms with Gasteiger partial charge in [-0.05, 0) is 76.4 Å². The predicted molar refractivity (Wildman–Crippen MR) is 91.6 cm³/mol. The van der Waals surface area contributed by atoms with Crippen molar-refractivity contribution in [2.45, 2.75) is 45.1 Å². The molecule has 2 aliphatic heterocycles. The highest BCUT2D eigenvalue weighted by atomic mass is 16.5. The van der Waals surface area contributed by atoms with Crippen LogP contribution in [0, 0.1) is 6.92 Å². The summed E-state index contributed by atoms with van der Waals surface area (Å²) in [5, 5.41) is 0. The summed E-state index contributed by atoms with van der Waals surface area (Å²) >= 11 is 0. The first-order valence-corrected chi connectivity index (χ1v) is 8.97. The Morgan fingerprint density at radius 1 is 1.14 bits per heavy atom. The van der Waals surface area contributed by atoms with E-state index in [4.69, 9.17) is 4.74 Å². The number of ether oxygens (including phenoxy) is 1. The van der Waals surface area contributed by atoms with Crippen molar-refractivity contribution in [3.05, 3.63) is 29.8 Å². The third kappa shape index (κ3) is 4.47. The zero-order valence-corrected chi connectivity index (χ0v) is 14.0. The first-order valence-electron chi connectivity index (χ1n) is 8.97. The highest BCUT2D eigenvalue weighted by Gasteiger charge is 2.26. The molecule has 0 aliphatic carbocycles. The number of likely N-dealkylation sites (tertiary alicyclic amines) is 2. The first kappa shape index (κ1) is 15.8. The fraction of sp³-hybridized carbons (Fsp3) is 0.684. The SMILES string of the molecule is Cc1cccc(OCCCN2CCC[C@H]2CN2CCCC2)c1. The molecule has 1 aromatic carbocycles. The van der Waals surface area contributed by atoms with E-state index in [9.17, 15) is 0 Å². The zero-order valence-electron chi connectivity index (χ0n) is 14.0. The number of nitrogens with zero attached hydrogens (tertiary/aromatic N) is 2. The minimum atomic E-state index is 0.789. The van der Waals surface area contributed by atoms with E-state index in [1.807, 2.05) is 0 Å². The number of aryl methyl sites for hydroxylation is 1. The molecule has 0 spiro atoms. The van der Waals surface area contributed by atoms with Crippen molar-refractivity contribution in [1.82, 2.24) is 9.80 Å². The van der Waals surface area contributed by atoms with E-state index in [-0.39, 0.29) is 0 Å². The molecule has 0 amide bonds. The van der Waals surface area contributed by atoms with Crippen LogP contribution in [0.15, 0.2) is 24.3 Å². The molecule has 1 aromatic rings. The molecule has 0 aromatic heterocycles. The summed E-state index contributed by atoms with van der Waals surface area (Å²) in [6.07, 6.45) is 6.69. The molecule has 2 fully saturated rings. The lowest BCUT2D eigenvalue weighted by Gasteiger charge is -2.28. The quantitative estimate of drug-likeness (QED) is 0.719. The lowest BCUT2D eigenvalue weighted by atomic mass is 10.2.